The summed E-state index contributed by atoms with van der Waals surface area (Å²) < 4.78 is 14.7. The zero-order chi connectivity index (χ0) is 25.5. The minimum atomic E-state index is 0.913. The zero-order valence-electron chi connectivity index (χ0n) is 20.9. The van der Waals surface area contributed by atoms with Gasteiger partial charge in [0, 0.05) is 38.0 Å². The van der Waals surface area contributed by atoms with Gasteiger partial charge in [-0.1, -0.05) is 78.9 Å². The number of hydrogen-bond acceptors (Lipinski definition) is 2. The molecule has 0 bridgehead atoms. The van der Waals surface area contributed by atoms with Gasteiger partial charge in [-0.15, -0.1) is 0 Å². The summed E-state index contributed by atoms with van der Waals surface area (Å²) in [5, 5.41) is 6.99. The molecule has 39 heavy (non-hydrogen) atoms. The van der Waals surface area contributed by atoms with Crippen molar-refractivity contribution in [1.29, 1.82) is 0 Å². The van der Waals surface area contributed by atoms with Crippen LogP contribution in [0.5, 0.6) is 0 Å². The highest BCUT2D eigenvalue weighted by molar-refractivity contribution is 6.17. The maximum Gasteiger partial charge on any atom is 0.136 e. The molecule has 9 rings (SSSR count). The largest absolute Gasteiger partial charge is 0.456 e. The van der Waals surface area contributed by atoms with Gasteiger partial charge in [-0.05, 0) is 59.7 Å². The Hall–Kier alpha value is -5.28. The smallest absolute Gasteiger partial charge is 0.136 e. The Morgan fingerprint density at radius 3 is 1.92 bits per heavy atom. The van der Waals surface area contributed by atoms with Crippen molar-refractivity contribution in [3.8, 4) is 16.8 Å². The van der Waals surface area contributed by atoms with Crippen LogP contribution in [0.1, 0.15) is 0 Å². The van der Waals surface area contributed by atoms with E-state index in [-0.39, 0.29) is 0 Å². The lowest BCUT2D eigenvalue weighted by Crippen LogP contribution is -1.93. The van der Waals surface area contributed by atoms with Crippen molar-refractivity contribution < 1.29 is 8.83 Å². The average Bonchev–Trinajstić information content (AvgIpc) is 3.65. The minimum Gasteiger partial charge on any atom is -0.456 e. The van der Waals surface area contributed by atoms with E-state index in [1.165, 1.54) is 32.9 Å². The summed E-state index contributed by atoms with van der Waals surface area (Å²) in [5.74, 6) is 0. The summed E-state index contributed by atoms with van der Waals surface area (Å²) in [6.45, 7) is 0. The molecule has 0 N–H and O–H groups in total. The van der Waals surface area contributed by atoms with E-state index in [9.17, 15) is 0 Å². The fraction of sp³-hybridized carbons (Fsp3) is 0. The quantitative estimate of drug-likeness (QED) is 0.237. The van der Waals surface area contributed by atoms with E-state index in [0.717, 1.165) is 49.6 Å². The van der Waals surface area contributed by atoms with Crippen molar-refractivity contribution in [3.63, 3.8) is 0 Å². The maximum absolute atomic E-state index is 6.23. The summed E-state index contributed by atoms with van der Waals surface area (Å²) in [6.07, 6.45) is 0. The van der Waals surface area contributed by atoms with Crippen LogP contribution in [-0.2, 0) is 0 Å². The molecule has 3 heteroatoms. The molecular formula is C36H21NO2. The highest BCUT2D eigenvalue weighted by Crippen LogP contribution is 2.40. The van der Waals surface area contributed by atoms with E-state index < -0.39 is 0 Å². The SMILES string of the molecule is c1ccc2c(c1)oc1cc3c4ccccc4n(-c4ccc(-c5cccc6oc7ccccc7c56)cc4)c3cc12. The third-order valence-electron chi connectivity index (χ3n) is 8.01. The number of rotatable bonds is 2. The molecule has 182 valence electrons. The van der Waals surface area contributed by atoms with Crippen molar-refractivity contribution in [1.82, 2.24) is 4.57 Å². The van der Waals surface area contributed by atoms with Gasteiger partial charge >= 0.3 is 0 Å². The number of para-hydroxylation sites is 3. The molecule has 0 saturated carbocycles. The molecule has 3 nitrogen and oxygen atoms in total. The topological polar surface area (TPSA) is 31.2 Å². The number of benzene rings is 6. The highest BCUT2D eigenvalue weighted by Gasteiger charge is 2.17. The summed E-state index contributed by atoms with van der Waals surface area (Å²) >= 11 is 0. The number of furan rings is 2. The predicted molar refractivity (Wildman–Crippen MR) is 161 cm³/mol. The average molecular weight is 500 g/mol. The van der Waals surface area contributed by atoms with Gasteiger partial charge in [0.05, 0.1) is 11.0 Å². The Balaban J connectivity index is 1.28. The van der Waals surface area contributed by atoms with Crippen molar-refractivity contribution >= 4 is 65.7 Å². The van der Waals surface area contributed by atoms with Gasteiger partial charge < -0.3 is 13.4 Å². The molecule has 0 fully saturated rings. The first-order chi connectivity index (χ1) is 19.3. The van der Waals surface area contributed by atoms with Crippen molar-refractivity contribution in [2.45, 2.75) is 0 Å². The summed E-state index contributed by atoms with van der Waals surface area (Å²) in [5.41, 5.74) is 9.49. The van der Waals surface area contributed by atoms with Crippen molar-refractivity contribution in [2.75, 3.05) is 0 Å². The van der Waals surface area contributed by atoms with E-state index in [1.807, 2.05) is 30.3 Å². The van der Waals surface area contributed by atoms with E-state index in [2.05, 4.69) is 102 Å². The fourth-order valence-corrected chi connectivity index (χ4v) is 6.27. The van der Waals surface area contributed by atoms with E-state index >= 15 is 0 Å². The third-order valence-corrected chi connectivity index (χ3v) is 8.01. The van der Waals surface area contributed by atoms with Gasteiger partial charge in [-0.2, -0.15) is 0 Å². The Morgan fingerprint density at radius 2 is 1.08 bits per heavy atom. The molecular weight excluding hydrogens is 478 g/mol. The molecule has 0 unspecified atom stereocenters. The zero-order valence-corrected chi connectivity index (χ0v) is 20.9. The molecule has 0 aliphatic rings. The van der Waals surface area contributed by atoms with Gasteiger partial charge in [-0.25, -0.2) is 0 Å². The normalized spacial score (nSPS) is 12.1. The summed E-state index contributed by atoms with van der Waals surface area (Å²) in [4.78, 5) is 0. The van der Waals surface area contributed by atoms with Gasteiger partial charge in [-0.3, -0.25) is 0 Å². The number of fused-ring (bicyclic) bond motifs is 9. The van der Waals surface area contributed by atoms with Crippen LogP contribution in [0.2, 0.25) is 0 Å². The van der Waals surface area contributed by atoms with E-state index in [0.29, 0.717) is 0 Å². The first-order valence-electron chi connectivity index (χ1n) is 13.2. The molecule has 0 aliphatic carbocycles. The van der Waals surface area contributed by atoms with Crippen LogP contribution < -0.4 is 0 Å². The molecule has 9 aromatic rings. The molecule has 0 radical (unpaired) electrons. The Morgan fingerprint density at radius 1 is 0.410 bits per heavy atom. The van der Waals surface area contributed by atoms with Crippen LogP contribution >= 0.6 is 0 Å². The third kappa shape index (κ3) is 2.87. The van der Waals surface area contributed by atoms with Crippen LogP contribution in [-0.4, -0.2) is 4.57 Å². The molecule has 3 aromatic heterocycles. The van der Waals surface area contributed by atoms with Crippen LogP contribution in [0.3, 0.4) is 0 Å². The molecule has 0 spiro atoms. The Labute approximate surface area is 223 Å². The van der Waals surface area contributed by atoms with Crippen LogP contribution in [0.15, 0.2) is 136 Å². The van der Waals surface area contributed by atoms with Crippen molar-refractivity contribution in [2.24, 2.45) is 0 Å². The Kier molecular flexibility index (Phi) is 4.05. The molecule has 0 atom stereocenters. The predicted octanol–water partition coefficient (Wildman–Crippen LogP) is 10.2. The van der Waals surface area contributed by atoms with E-state index in [1.54, 1.807) is 0 Å². The molecule has 6 aromatic carbocycles. The first-order valence-corrected chi connectivity index (χ1v) is 13.2. The van der Waals surface area contributed by atoms with Gasteiger partial charge in [0.1, 0.15) is 22.3 Å². The second-order valence-electron chi connectivity index (χ2n) is 10.1. The van der Waals surface area contributed by atoms with Gasteiger partial charge in [0.2, 0.25) is 0 Å². The summed E-state index contributed by atoms with van der Waals surface area (Å²) in [6, 6.07) is 44.8. The standard InChI is InChI=1S/C36H21NO2/c1-4-12-30-25(8-1)28-21-35-29(26-9-2-5-13-32(26)39-35)20-31(28)37(30)23-18-16-22(17-19-23)24-11-7-15-34-36(24)27-10-3-6-14-33(27)38-34/h1-21H. The van der Waals surface area contributed by atoms with Crippen LogP contribution in [0.4, 0.5) is 0 Å². The number of aromatic nitrogens is 1. The second kappa shape index (κ2) is 7.62. The lowest BCUT2D eigenvalue weighted by atomic mass is 9.99. The lowest BCUT2D eigenvalue weighted by molar-refractivity contribution is 0.669. The Bertz CT molecular complexity index is 2380. The van der Waals surface area contributed by atoms with Gasteiger partial charge in [0.25, 0.3) is 0 Å². The fourth-order valence-electron chi connectivity index (χ4n) is 6.27. The minimum absolute atomic E-state index is 0.913. The van der Waals surface area contributed by atoms with Crippen LogP contribution in [0, 0.1) is 0 Å². The van der Waals surface area contributed by atoms with Crippen LogP contribution in [0.25, 0.3) is 82.5 Å². The second-order valence-corrected chi connectivity index (χ2v) is 10.1. The number of hydrogen-bond donors (Lipinski definition) is 0. The molecule has 0 amide bonds. The maximum atomic E-state index is 6.23. The lowest BCUT2D eigenvalue weighted by Gasteiger charge is -2.10. The first kappa shape index (κ1) is 20.7. The number of nitrogens with zero attached hydrogens (tertiary/aromatic N) is 1. The molecule has 0 saturated heterocycles. The summed E-state index contributed by atoms with van der Waals surface area (Å²) in [7, 11) is 0. The molecule has 0 aliphatic heterocycles. The van der Waals surface area contributed by atoms with Crippen molar-refractivity contribution in [3.05, 3.63) is 127 Å². The highest BCUT2D eigenvalue weighted by atomic mass is 16.3. The molecule has 3 heterocycles. The van der Waals surface area contributed by atoms with E-state index in [4.69, 9.17) is 8.83 Å². The van der Waals surface area contributed by atoms with Gasteiger partial charge in [0.15, 0.2) is 0 Å². The monoisotopic (exact) mass is 499 g/mol.